The number of fused-ring (bicyclic) bond motifs is 1. The number of pyridine rings is 1. The molecule has 3 rings (SSSR count). The molecule has 0 N–H and O–H groups in total. The number of aromatic nitrogens is 1. The molecule has 0 spiro atoms. The monoisotopic (exact) mass is 322 g/mol. The van der Waals surface area contributed by atoms with E-state index in [1.54, 1.807) is 6.20 Å². The van der Waals surface area contributed by atoms with Crippen LogP contribution in [0.4, 0.5) is 5.69 Å². The van der Waals surface area contributed by atoms with E-state index in [0.717, 1.165) is 23.2 Å². The maximum atomic E-state index is 12.9. The van der Waals surface area contributed by atoms with Crippen LogP contribution in [0.5, 0.6) is 0 Å². The Morgan fingerprint density at radius 1 is 1.08 bits per heavy atom. The van der Waals surface area contributed by atoms with Crippen molar-refractivity contribution in [2.45, 2.75) is 33.1 Å². The SMILES string of the molecule is CC(C)C(=O)c1ccc([C@@H](C)C(=O)N2CCc3cnccc32)cc1. The van der Waals surface area contributed by atoms with Crippen molar-refractivity contribution in [3.05, 3.63) is 59.4 Å². The van der Waals surface area contributed by atoms with Gasteiger partial charge in [-0.15, -0.1) is 0 Å². The van der Waals surface area contributed by atoms with Gasteiger partial charge in [0.25, 0.3) is 0 Å². The molecule has 1 aromatic heterocycles. The minimum Gasteiger partial charge on any atom is -0.311 e. The molecule has 1 aliphatic rings. The first kappa shape index (κ1) is 16.4. The number of hydrogen-bond acceptors (Lipinski definition) is 3. The summed E-state index contributed by atoms with van der Waals surface area (Å²) in [5, 5.41) is 0. The summed E-state index contributed by atoms with van der Waals surface area (Å²) < 4.78 is 0. The van der Waals surface area contributed by atoms with Crippen molar-refractivity contribution >= 4 is 17.4 Å². The zero-order chi connectivity index (χ0) is 17.3. The maximum Gasteiger partial charge on any atom is 0.234 e. The van der Waals surface area contributed by atoms with Crippen molar-refractivity contribution in [1.82, 2.24) is 4.98 Å². The third-order valence-electron chi connectivity index (χ3n) is 4.63. The van der Waals surface area contributed by atoms with Crippen LogP contribution in [0.15, 0.2) is 42.7 Å². The van der Waals surface area contributed by atoms with Crippen LogP contribution in [0.1, 0.15) is 48.2 Å². The first-order valence-corrected chi connectivity index (χ1v) is 8.37. The average molecular weight is 322 g/mol. The Morgan fingerprint density at radius 3 is 2.46 bits per heavy atom. The molecule has 0 unspecified atom stereocenters. The summed E-state index contributed by atoms with van der Waals surface area (Å²) in [5.74, 6) is -0.0543. The van der Waals surface area contributed by atoms with Gasteiger partial charge in [0.05, 0.1) is 5.92 Å². The van der Waals surface area contributed by atoms with Gasteiger partial charge in [-0.3, -0.25) is 14.6 Å². The first-order valence-electron chi connectivity index (χ1n) is 8.37. The Bertz CT molecular complexity index is 765. The fourth-order valence-electron chi connectivity index (χ4n) is 3.10. The van der Waals surface area contributed by atoms with Gasteiger partial charge in [0.15, 0.2) is 5.78 Å². The summed E-state index contributed by atoms with van der Waals surface area (Å²) >= 11 is 0. The Kier molecular flexibility index (Phi) is 4.47. The van der Waals surface area contributed by atoms with E-state index in [-0.39, 0.29) is 23.5 Å². The number of ketones is 1. The number of benzene rings is 1. The lowest BCUT2D eigenvalue weighted by atomic mass is 9.95. The lowest BCUT2D eigenvalue weighted by Crippen LogP contribution is -2.32. The standard InChI is InChI=1S/C20H22N2O2/c1-13(2)19(23)16-6-4-15(5-7-16)14(3)20(24)22-11-9-17-12-21-10-8-18(17)22/h4-8,10,12-14H,9,11H2,1-3H3/t14-/m1/s1. The van der Waals surface area contributed by atoms with Crippen LogP contribution >= 0.6 is 0 Å². The van der Waals surface area contributed by atoms with E-state index in [4.69, 9.17) is 0 Å². The molecule has 2 heterocycles. The van der Waals surface area contributed by atoms with Gasteiger partial charge < -0.3 is 4.90 Å². The highest BCUT2D eigenvalue weighted by Gasteiger charge is 2.28. The van der Waals surface area contributed by atoms with E-state index in [0.29, 0.717) is 12.1 Å². The molecule has 4 nitrogen and oxygen atoms in total. The second-order valence-electron chi connectivity index (χ2n) is 6.61. The van der Waals surface area contributed by atoms with E-state index in [2.05, 4.69) is 4.98 Å². The predicted molar refractivity (Wildman–Crippen MR) is 94.3 cm³/mol. The molecule has 0 saturated carbocycles. The number of carbonyl (C=O) groups is 2. The lowest BCUT2D eigenvalue weighted by Gasteiger charge is -2.22. The molecule has 2 aromatic rings. The second-order valence-corrected chi connectivity index (χ2v) is 6.61. The van der Waals surface area contributed by atoms with Crippen molar-refractivity contribution in [2.75, 3.05) is 11.4 Å². The molecule has 1 aliphatic heterocycles. The van der Waals surface area contributed by atoms with Crippen LogP contribution in [0.25, 0.3) is 0 Å². The van der Waals surface area contributed by atoms with Crippen LogP contribution < -0.4 is 4.90 Å². The van der Waals surface area contributed by atoms with Gasteiger partial charge in [0, 0.05) is 36.1 Å². The highest BCUT2D eigenvalue weighted by molar-refractivity contribution is 6.00. The molecule has 0 bridgehead atoms. The Hall–Kier alpha value is -2.49. The van der Waals surface area contributed by atoms with Crippen LogP contribution in [-0.2, 0) is 11.2 Å². The molecular formula is C20H22N2O2. The summed E-state index contributed by atoms with van der Waals surface area (Å²) in [5.41, 5.74) is 3.72. The summed E-state index contributed by atoms with van der Waals surface area (Å²) in [6.07, 6.45) is 4.41. The number of rotatable bonds is 4. The largest absolute Gasteiger partial charge is 0.311 e. The van der Waals surface area contributed by atoms with Crippen LogP contribution in [0.3, 0.4) is 0 Å². The van der Waals surface area contributed by atoms with E-state index < -0.39 is 0 Å². The molecule has 0 radical (unpaired) electrons. The molecule has 1 amide bonds. The lowest BCUT2D eigenvalue weighted by molar-refractivity contribution is -0.119. The normalized spacial score (nSPS) is 14.6. The van der Waals surface area contributed by atoms with Crippen LogP contribution in [0.2, 0.25) is 0 Å². The second kappa shape index (κ2) is 6.56. The summed E-state index contributed by atoms with van der Waals surface area (Å²) in [4.78, 5) is 30.9. The van der Waals surface area contributed by atoms with Gasteiger partial charge in [0.2, 0.25) is 5.91 Å². The number of carbonyl (C=O) groups excluding carboxylic acids is 2. The van der Waals surface area contributed by atoms with Crippen LogP contribution in [0, 0.1) is 5.92 Å². The van der Waals surface area contributed by atoms with Crippen LogP contribution in [-0.4, -0.2) is 23.2 Å². The number of amides is 1. The zero-order valence-electron chi connectivity index (χ0n) is 14.3. The molecular weight excluding hydrogens is 300 g/mol. The zero-order valence-corrected chi connectivity index (χ0v) is 14.3. The molecule has 1 aromatic carbocycles. The van der Waals surface area contributed by atoms with Crippen molar-refractivity contribution in [2.24, 2.45) is 5.92 Å². The molecule has 1 atom stereocenters. The average Bonchev–Trinajstić information content (AvgIpc) is 3.04. The molecule has 0 fully saturated rings. The molecule has 0 saturated heterocycles. The van der Waals surface area contributed by atoms with E-state index in [9.17, 15) is 9.59 Å². The number of hydrogen-bond donors (Lipinski definition) is 0. The van der Waals surface area contributed by atoms with Gasteiger partial charge in [0.1, 0.15) is 0 Å². The third-order valence-corrected chi connectivity index (χ3v) is 4.63. The van der Waals surface area contributed by atoms with Crippen molar-refractivity contribution in [3.63, 3.8) is 0 Å². The maximum absolute atomic E-state index is 12.9. The van der Waals surface area contributed by atoms with Gasteiger partial charge >= 0.3 is 0 Å². The summed E-state index contributed by atoms with van der Waals surface area (Å²) in [6.45, 7) is 6.40. The highest BCUT2D eigenvalue weighted by atomic mass is 16.2. The molecule has 24 heavy (non-hydrogen) atoms. The van der Waals surface area contributed by atoms with Crippen molar-refractivity contribution < 1.29 is 9.59 Å². The Morgan fingerprint density at radius 2 is 1.79 bits per heavy atom. The molecule has 4 heteroatoms. The van der Waals surface area contributed by atoms with E-state index >= 15 is 0 Å². The van der Waals surface area contributed by atoms with Gasteiger partial charge in [-0.25, -0.2) is 0 Å². The topological polar surface area (TPSA) is 50.3 Å². The van der Waals surface area contributed by atoms with Crippen molar-refractivity contribution in [1.29, 1.82) is 0 Å². The quantitative estimate of drug-likeness (QED) is 0.808. The Labute approximate surface area is 142 Å². The minimum absolute atomic E-state index is 0.0235. The third kappa shape index (κ3) is 2.96. The van der Waals surface area contributed by atoms with Crippen molar-refractivity contribution in [3.8, 4) is 0 Å². The fourth-order valence-corrected chi connectivity index (χ4v) is 3.10. The molecule has 124 valence electrons. The van der Waals surface area contributed by atoms with E-state index in [1.165, 1.54) is 0 Å². The number of anilines is 1. The van der Waals surface area contributed by atoms with Gasteiger partial charge in [-0.1, -0.05) is 38.1 Å². The fraction of sp³-hybridized carbons (Fsp3) is 0.350. The predicted octanol–water partition coefficient (Wildman–Crippen LogP) is 3.61. The van der Waals surface area contributed by atoms with Gasteiger partial charge in [-0.05, 0) is 30.5 Å². The van der Waals surface area contributed by atoms with E-state index in [1.807, 2.05) is 62.2 Å². The smallest absolute Gasteiger partial charge is 0.234 e. The summed E-state index contributed by atoms with van der Waals surface area (Å²) in [6, 6.07) is 9.33. The molecule has 0 aliphatic carbocycles. The Balaban J connectivity index is 1.78. The summed E-state index contributed by atoms with van der Waals surface area (Å²) in [7, 11) is 0. The first-order chi connectivity index (χ1) is 11.5. The number of nitrogens with zero attached hydrogens (tertiary/aromatic N) is 2. The number of Topliss-reactive ketones (excluding diaryl/α,β-unsaturated/α-hetero) is 1. The highest BCUT2D eigenvalue weighted by Crippen LogP contribution is 2.30. The minimum atomic E-state index is -0.243. The van der Waals surface area contributed by atoms with Gasteiger partial charge in [-0.2, -0.15) is 0 Å².